The first-order valence-electron chi connectivity index (χ1n) is 12.0. The Morgan fingerprint density at radius 1 is 1.12 bits per heavy atom. The second-order valence-corrected chi connectivity index (χ2v) is 9.64. The molecule has 3 N–H and O–H groups in total. The van der Waals surface area contributed by atoms with E-state index in [1.165, 1.54) is 25.1 Å². The molecular formula is C29H28F4N4O3. The number of carbonyl (C=O) groups is 2. The molecular weight excluding hydrogens is 528 g/mol. The number of hydrogen-bond acceptors (Lipinski definition) is 6. The van der Waals surface area contributed by atoms with Crippen LogP contribution in [-0.2, 0) is 4.79 Å². The summed E-state index contributed by atoms with van der Waals surface area (Å²) >= 11 is 0. The Bertz CT molecular complexity index is 1470. The topological polar surface area (TPSA) is 106 Å². The van der Waals surface area contributed by atoms with Crippen LogP contribution in [0.4, 0.5) is 17.6 Å². The number of fused-ring (bicyclic) bond motifs is 1. The van der Waals surface area contributed by atoms with Crippen molar-refractivity contribution in [3.8, 4) is 5.75 Å². The number of rotatable bonds is 6. The molecule has 1 aliphatic rings. The van der Waals surface area contributed by atoms with E-state index < -0.39 is 34.9 Å². The first-order chi connectivity index (χ1) is 18.7. The van der Waals surface area contributed by atoms with E-state index in [1.807, 2.05) is 0 Å². The van der Waals surface area contributed by atoms with Gasteiger partial charge in [0.2, 0.25) is 5.91 Å². The average Bonchev–Trinajstić information content (AvgIpc) is 2.89. The first kappa shape index (κ1) is 30.0. The predicted molar refractivity (Wildman–Crippen MR) is 145 cm³/mol. The van der Waals surface area contributed by atoms with Crippen molar-refractivity contribution in [3.63, 3.8) is 0 Å². The van der Waals surface area contributed by atoms with E-state index in [1.54, 1.807) is 44.2 Å². The molecule has 0 bridgehead atoms. The lowest BCUT2D eigenvalue weighted by molar-refractivity contribution is -0.128. The summed E-state index contributed by atoms with van der Waals surface area (Å²) in [5, 5.41) is 9.18. The standard InChI is InChI=1S/C29H28F4N4O3/c1-16-21(12-13-24(34)19-10-11-20(15-38)23(30)14-19)26(22-8-6-7-9-25(22)40-16)28(4,5)27(39)35-18(3)37-36-17(2)29(31,32)33/h6-15,26H,1,34H2,2-5H3,(H,35,37,39)/b21-12+,24-13-,36-17+. The number of amidine groups is 1. The molecule has 0 fully saturated rings. The second-order valence-electron chi connectivity index (χ2n) is 9.64. The fourth-order valence-electron chi connectivity index (χ4n) is 4.07. The van der Waals surface area contributed by atoms with Gasteiger partial charge in [-0.3, -0.25) is 9.59 Å². The van der Waals surface area contributed by atoms with E-state index in [9.17, 15) is 27.2 Å². The molecule has 1 amide bonds. The number of amides is 1. The van der Waals surface area contributed by atoms with E-state index in [0.717, 1.165) is 13.0 Å². The Morgan fingerprint density at radius 2 is 1.80 bits per heavy atom. The van der Waals surface area contributed by atoms with Gasteiger partial charge in [-0.1, -0.05) is 50.8 Å². The van der Waals surface area contributed by atoms with Crippen LogP contribution in [0.2, 0.25) is 0 Å². The van der Waals surface area contributed by atoms with Gasteiger partial charge in [0, 0.05) is 28.3 Å². The lowest BCUT2D eigenvalue weighted by Gasteiger charge is -2.39. The summed E-state index contributed by atoms with van der Waals surface area (Å²) in [4.78, 5) is 24.4. The number of nitrogens with one attached hydrogen (secondary N) is 1. The SMILES string of the molecule is C=C1Oc2ccccc2C(C(C)(C)C(=O)N/C(C)=N/N=C(\C)C(F)(F)F)/C1=C/C=C(\N)c1ccc(C=O)c(F)c1. The fourth-order valence-corrected chi connectivity index (χ4v) is 4.07. The number of carbonyl (C=O) groups excluding carboxylic acids is 2. The summed E-state index contributed by atoms with van der Waals surface area (Å²) < 4.78 is 58.3. The number of hydrogen-bond donors (Lipinski definition) is 2. The van der Waals surface area contributed by atoms with Gasteiger partial charge < -0.3 is 15.8 Å². The van der Waals surface area contributed by atoms with Crippen LogP contribution in [0.5, 0.6) is 5.75 Å². The average molecular weight is 557 g/mol. The maximum Gasteiger partial charge on any atom is 0.431 e. The van der Waals surface area contributed by atoms with Crippen LogP contribution in [0.15, 0.2) is 82.7 Å². The normalized spacial score (nSPS) is 17.8. The molecule has 0 saturated heterocycles. The summed E-state index contributed by atoms with van der Waals surface area (Å²) in [5.74, 6) is -1.31. The lowest BCUT2D eigenvalue weighted by Crippen LogP contribution is -2.44. The van der Waals surface area contributed by atoms with Gasteiger partial charge in [-0.15, -0.1) is 10.2 Å². The number of ether oxygens (including phenoxy) is 1. The minimum absolute atomic E-state index is 0.105. The third kappa shape index (κ3) is 6.53. The third-order valence-electron chi connectivity index (χ3n) is 6.36. The van der Waals surface area contributed by atoms with Crippen LogP contribution in [0.3, 0.4) is 0 Å². The molecule has 2 aromatic rings. The van der Waals surface area contributed by atoms with Crippen LogP contribution in [0, 0.1) is 11.2 Å². The minimum Gasteiger partial charge on any atom is -0.457 e. The molecule has 7 nitrogen and oxygen atoms in total. The molecule has 2 aromatic carbocycles. The number of aldehydes is 1. The third-order valence-corrected chi connectivity index (χ3v) is 6.36. The first-order valence-corrected chi connectivity index (χ1v) is 12.0. The molecule has 210 valence electrons. The maximum absolute atomic E-state index is 14.1. The van der Waals surface area contributed by atoms with Gasteiger partial charge in [0.05, 0.1) is 11.0 Å². The minimum atomic E-state index is -4.64. The van der Waals surface area contributed by atoms with Gasteiger partial charge in [-0.25, -0.2) is 4.39 Å². The zero-order chi connectivity index (χ0) is 29.8. The van der Waals surface area contributed by atoms with Crippen molar-refractivity contribution in [1.29, 1.82) is 0 Å². The molecule has 0 aromatic heterocycles. The number of alkyl halides is 3. The monoisotopic (exact) mass is 556 g/mol. The zero-order valence-corrected chi connectivity index (χ0v) is 22.3. The molecule has 1 heterocycles. The van der Waals surface area contributed by atoms with Crippen molar-refractivity contribution in [2.24, 2.45) is 21.4 Å². The molecule has 0 aliphatic carbocycles. The van der Waals surface area contributed by atoms with Crippen LogP contribution >= 0.6 is 0 Å². The summed E-state index contributed by atoms with van der Waals surface area (Å²) in [5.41, 5.74) is 5.37. The van der Waals surface area contributed by atoms with E-state index in [-0.39, 0.29) is 22.9 Å². The van der Waals surface area contributed by atoms with Crippen molar-refractivity contribution in [1.82, 2.24) is 5.32 Å². The smallest absolute Gasteiger partial charge is 0.431 e. The Kier molecular flexibility index (Phi) is 8.77. The summed E-state index contributed by atoms with van der Waals surface area (Å²) in [6.07, 6.45) is -1.13. The van der Waals surface area contributed by atoms with Crippen molar-refractivity contribution in [3.05, 3.63) is 95.0 Å². The quantitative estimate of drug-likeness (QED) is 0.148. The van der Waals surface area contributed by atoms with E-state index in [0.29, 0.717) is 28.7 Å². The number of nitrogens with two attached hydrogens (primary N) is 1. The van der Waals surface area contributed by atoms with E-state index in [4.69, 9.17) is 10.5 Å². The second kappa shape index (κ2) is 11.7. The Morgan fingerprint density at radius 3 is 2.42 bits per heavy atom. The van der Waals surface area contributed by atoms with E-state index >= 15 is 0 Å². The Hall–Kier alpha value is -4.54. The van der Waals surface area contributed by atoms with Crippen molar-refractivity contribution in [2.45, 2.75) is 39.8 Å². The van der Waals surface area contributed by atoms with E-state index in [2.05, 4.69) is 22.1 Å². The van der Waals surface area contributed by atoms with Crippen molar-refractivity contribution in [2.75, 3.05) is 0 Å². The van der Waals surface area contributed by atoms with Crippen molar-refractivity contribution >= 4 is 29.4 Å². The van der Waals surface area contributed by atoms with Crippen LogP contribution in [-0.4, -0.2) is 29.9 Å². The Labute approximate surface area is 228 Å². The molecule has 1 unspecified atom stereocenters. The number of benzene rings is 2. The van der Waals surface area contributed by atoms with Crippen LogP contribution in [0.1, 0.15) is 55.1 Å². The largest absolute Gasteiger partial charge is 0.457 e. The molecule has 1 atom stereocenters. The Balaban J connectivity index is 2.03. The zero-order valence-electron chi connectivity index (χ0n) is 22.3. The molecule has 11 heteroatoms. The highest BCUT2D eigenvalue weighted by atomic mass is 19.4. The number of halogens is 4. The highest BCUT2D eigenvalue weighted by Gasteiger charge is 2.44. The highest BCUT2D eigenvalue weighted by molar-refractivity contribution is 6.00. The summed E-state index contributed by atoms with van der Waals surface area (Å²) in [6, 6.07) is 11.0. The molecule has 0 saturated carbocycles. The van der Waals surface area contributed by atoms with Crippen LogP contribution < -0.4 is 15.8 Å². The van der Waals surface area contributed by atoms with Crippen molar-refractivity contribution < 1.29 is 31.9 Å². The summed E-state index contributed by atoms with van der Waals surface area (Å²) in [6.45, 7) is 9.42. The van der Waals surface area contributed by atoms with Crippen LogP contribution in [0.25, 0.3) is 5.70 Å². The number of para-hydroxylation sites is 1. The van der Waals surface area contributed by atoms with Gasteiger partial charge in [0.25, 0.3) is 0 Å². The molecule has 0 spiro atoms. The predicted octanol–water partition coefficient (Wildman–Crippen LogP) is 6.05. The van der Waals surface area contributed by atoms with Gasteiger partial charge in [0.15, 0.2) is 6.29 Å². The summed E-state index contributed by atoms with van der Waals surface area (Å²) in [7, 11) is 0. The molecule has 0 radical (unpaired) electrons. The van der Waals surface area contributed by atoms with Gasteiger partial charge in [-0.05, 0) is 38.1 Å². The number of nitrogens with zero attached hydrogens (tertiary/aromatic N) is 2. The fraction of sp³-hybridized carbons (Fsp3) is 0.241. The molecule has 1 aliphatic heterocycles. The lowest BCUT2D eigenvalue weighted by atomic mass is 9.68. The number of allylic oxidation sites excluding steroid dienone is 3. The highest BCUT2D eigenvalue weighted by Crippen LogP contribution is 2.50. The molecule has 40 heavy (non-hydrogen) atoms. The van der Waals surface area contributed by atoms with Gasteiger partial charge in [-0.2, -0.15) is 13.2 Å². The van der Waals surface area contributed by atoms with Gasteiger partial charge >= 0.3 is 6.18 Å². The van der Waals surface area contributed by atoms with Gasteiger partial charge in [0.1, 0.15) is 28.9 Å². The molecule has 3 rings (SSSR count). The maximum atomic E-state index is 14.1.